The summed E-state index contributed by atoms with van der Waals surface area (Å²) >= 11 is 0. The molecule has 0 spiro atoms. The Morgan fingerprint density at radius 3 is 2.59 bits per heavy atom. The summed E-state index contributed by atoms with van der Waals surface area (Å²) < 4.78 is 6.79. The lowest BCUT2D eigenvalue weighted by molar-refractivity contribution is 0.339. The molecular formula is C11H15N3O2P+. The molecule has 0 radical (unpaired) electrons. The summed E-state index contributed by atoms with van der Waals surface area (Å²) in [5.74, 6) is 0.252. The van der Waals surface area contributed by atoms with Gasteiger partial charge in [0.25, 0.3) is 0 Å². The molecule has 5 nitrogen and oxygen atoms in total. The average Bonchev–Trinajstić information content (AvgIpc) is 2.37. The molecule has 0 amide bonds. The van der Waals surface area contributed by atoms with Crippen molar-refractivity contribution < 1.29 is 9.42 Å². The fourth-order valence-electron chi connectivity index (χ4n) is 1.66. The first kappa shape index (κ1) is 12.0. The van der Waals surface area contributed by atoms with Crippen LogP contribution < -0.4 is 5.73 Å². The largest absolute Gasteiger partial charge is 0.410 e. The van der Waals surface area contributed by atoms with Gasteiger partial charge in [-0.25, -0.2) is 4.99 Å². The van der Waals surface area contributed by atoms with Gasteiger partial charge in [0.2, 0.25) is 11.3 Å². The van der Waals surface area contributed by atoms with Crippen LogP contribution in [0.25, 0.3) is 5.31 Å². The molecule has 1 atom stereocenters. The van der Waals surface area contributed by atoms with E-state index in [1.54, 1.807) is 13.2 Å². The van der Waals surface area contributed by atoms with E-state index in [2.05, 4.69) is 4.99 Å². The van der Waals surface area contributed by atoms with Crippen LogP contribution in [0.2, 0.25) is 0 Å². The second kappa shape index (κ2) is 4.45. The van der Waals surface area contributed by atoms with Gasteiger partial charge in [-0.15, -0.1) is 0 Å². The van der Waals surface area contributed by atoms with Crippen LogP contribution in [-0.4, -0.2) is 29.7 Å². The number of benzene rings is 1. The van der Waals surface area contributed by atoms with E-state index in [-0.39, 0.29) is 5.96 Å². The smallest absolute Gasteiger partial charge is 0.367 e. The van der Waals surface area contributed by atoms with Gasteiger partial charge in [0.15, 0.2) is 0 Å². The SMILES string of the molecule is CO[P+]1(O)C(c2ccccc2)=CN=C(N)N1C. The summed E-state index contributed by atoms with van der Waals surface area (Å²) in [5.41, 5.74) is 6.57. The molecule has 0 aliphatic carbocycles. The highest BCUT2D eigenvalue weighted by Crippen LogP contribution is 2.69. The molecule has 3 N–H and O–H groups in total. The quantitative estimate of drug-likeness (QED) is 0.785. The van der Waals surface area contributed by atoms with Crippen molar-refractivity contribution in [1.29, 1.82) is 0 Å². The molecule has 0 saturated heterocycles. The summed E-state index contributed by atoms with van der Waals surface area (Å²) in [4.78, 5) is 14.7. The van der Waals surface area contributed by atoms with Gasteiger partial charge in [-0.3, -0.25) is 0 Å². The third-order valence-electron chi connectivity index (χ3n) is 2.70. The lowest BCUT2D eigenvalue weighted by atomic mass is 10.2. The Bertz CT molecular complexity index is 475. The molecular weight excluding hydrogens is 237 g/mol. The van der Waals surface area contributed by atoms with Gasteiger partial charge in [-0.2, -0.15) is 14.1 Å². The van der Waals surface area contributed by atoms with Crippen molar-refractivity contribution >= 4 is 19.1 Å². The molecule has 1 unspecified atom stereocenters. The van der Waals surface area contributed by atoms with Crippen LogP contribution in [0.4, 0.5) is 0 Å². The van der Waals surface area contributed by atoms with E-state index in [1.165, 1.54) is 11.8 Å². The van der Waals surface area contributed by atoms with E-state index < -0.39 is 7.87 Å². The highest BCUT2D eigenvalue weighted by Gasteiger charge is 2.52. The van der Waals surface area contributed by atoms with E-state index in [4.69, 9.17) is 10.3 Å². The Morgan fingerprint density at radius 2 is 2.00 bits per heavy atom. The maximum Gasteiger partial charge on any atom is 0.410 e. The van der Waals surface area contributed by atoms with Crippen molar-refractivity contribution in [3.8, 4) is 0 Å². The van der Waals surface area contributed by atoms with Crippen molar-refractivity contribution in [2.75, 3.05) is 14.2 Å². The van der Waals surface area contributed by atoms with E-state index >= 15 is 0 Å². The Morgan fingerprint density at radius 1 is 1.35 bits per heavy atom. The molecule has 17 heavy (non-hydrogen) atoms. The van der Waals surface area contributed by atoms with Crippen molar-refractivity contribution in [3.63, 3.8) is 0 Å². The second-order valence-electron chi connectivity index (χ2n) is 3.62. The lowest BCUT2D eigenvalue weighted by Gasteiger charge is -2.29. The Hall–Kier alpha value is -1.42. The molecule has 1 aliphatic heterocycles. The molecule has 6 heteroatoms. The molecule has 90 valence electrons. The Kier molecular flexibility index (Phi) is 3.15. The summed E-state index contributed by atoms with van der Waals surface area (Å²) in [7, 11) is 0.260. The number of nitrogens with zero attached hydrogens (tertiary/aromatic N) is 2. The van der Waals surface area contributed by atoms with Crippen LogP contribution in [0, 0.1) is 0 Å². The van der Waals surface area contributed by atoms with E-state index in [1.807, 2.05) is 30.3 Å². The maximum absolute atomic E-state index is 10.6. The summed E-state index contributed by atoms with van der Waals surface area (Å²) in [5, 5.41) is 0.664. The number of nitrogens with two attached hydrogens (primary N) is 1. The zero-order valence-electron chi connectivity index (χ0n) is 9.74. The van der Waals surface area contributed by atoms with Gasteiger partial charge in [0.05, 0.1) is 20.4 Å². The van der Waals surface area contributed by atoms with Crippen LogP contribution in [0.5, 0.6) is 0 Å². The van der Waals surface area contributed by atoms with Crippen LogP contribution in [0.15, 0.2) is 41.5 Å². The normalized spacial score (nSPS) is 24.3. The number of guanidine groups is 1. The molecule has 1 aliphatic rings. The van der Waals surface area contributed by atoms with Crippen LogP contribution >= 0.6 is 7.87 Å². The average molecular weight is 252 g/mol. The molecule has 1 heterocycles. The molecule has 0 aromatic heterocycles. The third kappa shape index (κ3) is 1.93. The zero-order chi connectivity index (χ0) is 12.5. The predicted octanol–water partition coefficient (Wildman–Crippen LogP) is 1.65. The van der Waals surface area contributed by atoms with E-state index in [9.17, 15) is 4.89 Å². The number of aliphatic imine (C=N–C) groups is 1. The summed E-state index contributed by atoms with van der Waals surface area (Å²) in [6, 6.07) is 9.52. The maximum atomic E-state index is 10.6. The van der Waals surface area contributed by atoms with Gasteiger partial charge in [0.1, 0.15) is 0 Å². The third-order valence-corrected chi connectivity index (χ3v) is 5.22. The fourth-order valence-corrected chi connectivity index (χ4v) is 3.45. The minimum absolute atomic E-state index is 0.252. The van der Waals surface area contributed by atoms with Gasteiger partial charge < -0.3 is 5.73 Å². The molecule has 2 rings (SSSR count). The first-order valence-corrected chi connectivity index (χ1v) is 6.72. The Balaban J connectivity index is 2.52. The lowest BCUT2D eigenvalue weighted by Crippen LogP contribution is -2.36. The Labute approximate surface area is 101 Å². The van der Waals surface area contributed by atoms with Gasteiger partial charge in [-0.05, 0) is 0 Å². The van der Waals surface area contributed by atoms with Gasteiger partial charge in [0, 0.05) is 5.56 Å². The molecule has 0 bridgehead atoms. The standard InChI is InChI=1S/C11H15N3O2P/c1-14-11(12)13-8-10(17(14,15)16-2)9-6-4-3-5-7-9/h3-8,15H,1-2H3,(H2,12,13)/q+1. The van der Waals surface area contributed by atoms with Crippen LogP contribution in [0.3, 0.4) is 0 Å². The predicted molar refractivity (Wildman–Crippen MR) is 70.0 cm³/mol. The van der Waals surface area contributed by atoms with Gasteiger partial charge in [-0.1, -0.05) is 30.3 Å². The van der Waals surface area contributed by atoms with Crippen molar-refractivity contribution in [2.24, 2.45) is 10.7 Å². The van der Waals surface area contributed by atoms with Crippen LogP contribution in [0.1, 0.15) is 5.56 Å². The minimum atomic E-state index is -2.88. The molecule has 0 fully saturated rings. The highest BCUT2D eigenvalue weighted by molar-refractivity contribution is 7.74. The zero-order valence-corrected chi connectivity index (χ0v) is 10.6. The molecule has 1 aromatic rings. The van der Waals surface area contributed by atoms with Crippen LogP contribution in [-0.2, 0) is 4.52 Å². The summed E-state index contributed by atoms with van der Waals surface area (Å²) in [6.45, 7) is 0. The van der Waals surface area contributed by atoms with Crippen molar-refractivity contribution in [1.82, 2.24) is 4.67 Å². The fraction of sp³-hybridized carbons (Fsp3) is 0.182. The van der Waals surface area contributed by atoms with E-state index in [0.29, 0.717) is 5.31 Å². The number of hydrogen-bond acceptors (Lipinski definition) is 5. The second-order valence-corrected chi connectivity index (χ2v) is 6.15. The number of rotatable bonds is 2. The topological polar surface area (TPSA) is 71.1 Å². The molecule has 0 saturated carbocycles. The monoisotopic (exact) mass is 252 g/mol. The van der Waals surface area contributed by atoms with Crippen molar-refractivity contribution in [3.05, 3.63) is 42.1 Å². The first-order chi connectivity index (χ1) is 8.09. The molecule has 1 aromatic carbocycles. The van der Waals surface area contributed by atoms with E-state index in [0.717, 1.165) is 5.56 Å². The first-order valence-electron chi connectivity index (χ1n) is 5.11. The van der Waals surface area contributed by atoms with Crippen molar-refractivity contribution in [2.45, 2.75) is 0 Å². The summed E-state index contributed by atoms with van der Waals surface area (Å²) in [6.07, 6.45) is 1.57. The number of hydrogen-bond donors (Lipinski definition) is 2. The minimum Gasteiger partial charge on any atom is -0.367 e. The highest BCUT2D eigenvalue weighted by atomic mass is 31.2. The van der Waals surface area contributed by atoms with Gasteiger partial charge >= 0.3 is 7.87 Å².